The fourth-order valence-electron chi connectivity index (χ4n) is 1.63. The Bertz CT molecular complexity index is 609. The van der Waals surface area contributed by atoms with Crippen LogP contribution in [0.5, 0.6) is 0 Å². The van der Waals surface area contributed by atoms with Crippen LogP contribution < -0.4 is 5.73 Å². The zero-order valence-corrected chi connectivity index (χ0v) is 7.90. The Morgan fingerprint density at radius 1 is 1.20 bits per heavy atom. The summed E-state index contributed by atoms with van der Waals surface area (Å²) in [5, 5.41) is 4.80. The summed E-state index contributed by atoms with van der Waals surface area (Å²) < 4.78 is 5.09. The standard InChI is InChI=1S/C11H9N3O/c12-11-6-10(15-14-11)8-1-2-9-7(5-8)3-4-13-9/h1-6,13H,(H2,12,14). The van der Waals surface area contributed by atoms with E-state index < -0.39 is 0 Å². The van der Waals surface area contributed by atoms with Gasteiger partial charge in [-0.25, -0.2) is 0 Å². The molecule has 0 aliphatic heterocycles. The van der Waals surface area contributed by atoms with E-state index in [1.165, 1.54) is 0 Å². The molecule has 0 saturated heterocycles. The zero-order chi connectivity index (χ0) is 10.3. The summed E-state index contributed by atoms with van der Waals surface area (Å²) in [6.07, 6.45) is 1.91. The van der Waals surface area contributed by atoms with Crippen molar-refractivity contribution in [2.24, 2.45) is 0 Å². The van der Waals surface area contributed by atoms with Crippen LogP contribution in [0, 0.1) is 0 Å². The van der Waals surface area contributed by atoms with Crippen molar-refractivity contribution in [3.8, 4) is 11.3 Å². The Morgan fingerprint density at radius 3 is 2.93 bits per heavy atom. The van der Waals surface area contributed by atoms with Crippen molar-refractivity contribution in [1.29, 1.82) is 0 Å². The van der Waals surface area contributed by atoms with Gasteiger partial charge < -0.3 is 15.2 Å². The maximum Gasteiger partial charge on any atom is 0.169 e. The molecule has 0 bridgehead atoms. The molecule has 2 heterocycles. The smallest absolute Gasteiger partial charge is 0.169 e. The average molecular weight is 199 g/mol. The molecule has 0 spiro atoms. The summed E-state index contributed by atoms with van der Waals surface area (Å²) in [6.45, 7) is 0. The number of nitrogens with two attached hydrogens (primary N) is 1. The number of rotatable bonds is 1. The molecule has 0 aliphatic rings. The van der Waals surface area contributed by atoms with E-state index in [2.05, 4.69) is 10.1 Å². The van der Waals surface area contributed by atoms with E-state index in [1.807, 2.05) is 30.5 Å². The highest BCUT2D eigenvalue weighted by Crippen LogP contribution is 2.24. The minimum Gasteiger partial charge on any atom is -0.381 e. The van der Waals surface area contributed by atoms with Crippen LogP contribution in [0.1, 0.15) is 0 Å². The van der Waals surface area contributed by atoms with Crippen molar-refractivity contribution in [3.05, 3.63) is 36.5 Å². The second kappa shape index (κ2) is 2.88. The highest BCUT2D eigenvalue weighted by atomic mass is 16.5. The van der Waals surface area contributed by atoms with Crippen LogP contribution in [0.2, 0.25) is 0 Å². The molecule has 0 aliphatic carbocycles. The van der Waals surface area contributed by atoms with Crippen molar-refractivity contribution >= 4 is 16.7 Å². The summed E-state index contributed by atoms with van der Waals surface area (Å²) in [6, 6.07) is 9.74. The van der Waals surface area contributed by atoms with Gasteiger partial charge in [0.1, 0.15) is 0 Å². The third-order valence-electron chi connectivity index (χ3n) is 2.37. The molecule has 0 fully saturated rings. The van der Waals surface area contributed by atoms with Crippen molar-refractivity contribution in [1.82, 2.24) is 10.1 Å². The third kappa shape index (κ3) is 1.27. The van der Waals surface area contributed by atoms with E-state index in [4.69, 9.17) is 10.3 Å². The molecular weight excluding hydrogens is 190 g/mol. The number of hydrogen-bond donors (Lipinski definition) is 2. The Balaban J connectivity index is 2.18. The molecule has 3 aromatic rings. The molecule has 0 unspecified atom stereocenters. The van der Waals surface area contributed by atoms with Gasteiger partial charge in [-0.1, -0.05) is 5.16 Å². The van der Waals surface area contributed by atoms with Gasteiger partial charge in [0, 0.05) is 28.7 Å². The summed E-state index contributed by atoms with van der Waals surface area (Å²) in [7, 11) is 0. The maximum atomic E-state index is 5.50. The van der Waals surface area contributed by atoms with Crippen LogP contribution >= 0.6 is 0 Å². The Kier molecular flexibility index (Phi) is 1.56. The lowest BCUT2D eigenvalue weighted by atomic mass is 10.1. The molecule has 15 heavy (non-hydrogen) atoms. The van der Waals surface area contributed by atoms with Gasteiger partial charge in [-0.15, -0.1) is 0 Å². The topological polar surface area (TPSA) is 67.8 Å². The van der Waals surface area contributed by atoms with E-state index >= 15 is 0 Å². The van der Waals surface area contributed by atoms with Crippen LogP contribution in [-0.2, 0) is 0 Å². The number of anilines is 1. The number of benzene rings is 1. The number of aromatic nitrogens is 2. The minimum atomic E-state index is 0.402. The zero-order valence-electron chi connectivity index (χ0n) is 7.90. The van der Waals surface area contributed by atoms with Gasteiger partial charge in [0.15, 0.2) is 11.6 Å². The molecule has 4 heteroatoms. The first-order valence-corrected chi connectivity index (χ1v) is 4.63. The van der Waals surface area contributed by atoms with Gasteiger partial charge in [-0.3, -0.25) is 0 Å². The largest absolute Gasteiger partial charge is 0.381 e. The molecule has 0 radical (unpaired) electrons. The van der Waals surface area contributed by atoms with E-state index in [0.29, 0.717) is 11.6 Å². The number of H-pyrrole nitrogens is 1. The quantitative estimate of drug-likeness (QED) is 0.632. The second-order valence-electron chi connectivity index (χ2n) is 3.40. The molecule has 1 aromatic carbocycles. The van der Waals surface area contributed by atoms with Crippen molar-refractivity contribution in [2.75, 3.05) is 5.73 Å². The first-order valence-electron chi connectivity index (χ1n) is 4.63. The highest BCUT2D eigenvalue weighted by Gasteiger charge is 2.05. The van der Waals surface area contributed by atoms with Gasteiger partial charge in [-0.2, -0.15) is 0 Å². The van der Waals surface area contributed by atoms with Gasteiger partial charge in [0.05, 0.1) is 0 Å². The maximum absolute atomic E-state index is 5.50. The summed E-state index contributed by atoms with van der Waals surface area (Å²) in [5.74, 6) is 1.09. The first kappa shape index (κ1) is 8.11. The molecule has 2 aromatic heterocycles. The lowest BCUT2D eigenvalue weighted by Gasteiger charge is -1.95. The van der Waals surface area contributed by atoms with E-state index in [-0.39, 0.29) is 0 Å². The minimum absolute atomic E-state index is 0.402. The number of nitrogens with zero attached hydrogens (tertiary/aromatic N) is 1. The summed E-state index contributed by atoms with van der Waals surface area (Å²) in [4.78, 5) is 3.13. The highest BCUT2D eigenvalue weighted by molar-refractivity contribution is 5.84. The van der Waals surface area contributed by atoms with Crippen LogP contribution in [0.4, 0.5) is 5.82 Å². The van der Waals surface area contributed by atoms with E-state index in [9.17, 15) is 0 Å². The normalized spacial score (nSPS) is 10.9. The number of aromatic amines is 1. The van der Waals surface area contributed by atoms with Crippen LogP contribution in [-0.4, -0.2) is 10.1 Å². The van der Waals surface area contributed by atoms with Gasteiger partial charge in [0.25, 0.3) is 0 Å². The number of nitrogens with one attached hydrogen (secondary N) is 1. The van der Waals surface area contributed by atoms with Crippen molar-refractivity contribution in [2.45, 2.75) is 0 Å². The predicted molar refractivity (Wildman–Crippen MR) is 58.2 cm³/mol. The molecule has 0 saturated carbocycles. The summed E-state index contributed by atoms with van der Waals surface area (Å²) >= 11 is 0. The first-order chi connectivity index (χ1) is 7.33. The number of fused-ring (bicyclic) bond motifs is 1. The Hall–Kier alpha value is -2.23. The fraction of sp³-hybridized carbons (Fsp3) is 0. The van der Waals surface area contributed by atoms with E-state index in [0.717, 1.165) is 16.5 Å². The van der Waals surface area contributed by atoms with Gasteiger partial charge in [0.2, 0.25) is 0 Å². The molecule has 0 atom stereocenters. The van der Waals surface area contributed by atoms with Crippen LogP contribution in [0.3, 0.4) is 0 Å². The van der Waals surface area contributed by atoms with Gasteiger partial charge in [-0.05, 0) is 24.3 Å². The third-order valence-corrected chi connectivity index (χ3v) is 2.37. The molecule has 74 valence electrons. The molecule has 3 rings (SSSR count). The van der Waals surface area contributed by atoms with Crippen molar-refractivity contribution in [3.63, 3.8) is 0 Å². The molecule has 4 nitrogen and oxygen atoms in total. The molecule has 0 amide bonds. The monoisotopic (exact) mass is 199 g/mol. The van der Waals surface area contributed by atoms with Gasteiger partial charge >= 0.3 is 0 Å². The number of hydrogen-bond acceptors (Lipinski definition) is 3. The lowest BCUT2D eigenvalue weighted by molar-refractivity contribution is 0.436. The Labute approximate surface area is 85.7 Å². The van der Waals surface area contributed by atoms with Crippen molar-refractivity contribution < 1.29 is 4.52 Å². The molecular formula is C11H9N3O. The fourth-order valence-corrected chi connectivity index (χ4v) is 1.63. The molecule has 3 N–H and O–H groups in total. The second-order valence-corrected chi connectivity index (χ2v) is 3.40. The average Bonchev–Trinajstić information content (AvgIpc) is 2.84. The van der Waals surface area contributed by atoms with E-state index in [1.54, 1.807) is 6.07 Å². The van der Waals surface area contributed by atoms with Crippen LogP contribution in [0.25, 0.3) is 22.2 Å². The summed E-state index contributed by atoms with van der Waals surface area (Å²) in [5.41, 5.74) is 7.58. The Morgan fingerprint density at radius 2 is 2.13 bits per heavy atom. The van der Waals surface area contributed by atoms with Crippen LogP contribution in [0.15, 0.2) is 41.1 Å². The number of nitrogen functional groups attached to an aromatic ring is 1. The SMILES string of the molecule is Nc1cc(-c2ccc3[nH]ccc3c2)on1. The predicted octanol–water partition coefficient (Wildman–Crippen LogP) is 2.41. The lowest BCUT2D eigenvalue weighted by Crippen LogP contribution is -1.80.